The SMILES string of the molecule is COc1ccc(Cc2noc(CC(=O)CC(C)C)n2)cn1. The molecular weight excluding hydrogens is 270 g/mol. The first-order valence-electron chi connectivity index (χ1n) is 6.89. The summed E-state index contributed by atoms with van der Waals surface area (Å²) in [6.45, 7) is 4.02. The standard InChI is InChI=1S/C15H19N3O3/c1-10(2)6-12(19)8-15-17-13(18-21-15)7-11-4-5-14(20-3)16-9-11/h4-5,9-10H,6-8H2,1-3H3. The van der Waals surface area contributed by atoms with E-state index in [0.29, 0.717) is 36.4 Å². The van der Waals surface area contributed by atoms with Gasteiger partial charge in [0.25, 0.3) is 0 Å². The highest BCUT2D eigenvalue weighted by molar-refractivity contribution is 5.80. The first-order chi connectivity index (χ1) is 10.1. The Morgan fingerprint density at radius 1 is 1.38 bits per heavy atom. The lowest BCUT2D eigenvalue weighted by Gasteiger charge is -2.00. The number of aromatic nitrogens is 3. The Balaban J connectivity index is 1.94. The number of hydrogen-bond donors (Lipinski definition) is 0. The molecule has 0 aliphatic heterocycles. The summed E-state index contributed by atoms with van der Waals surface area (Å²) < 4.78 is 10.1. The van der Waals surface area contributed by atoms with Gasteiger partial charge in [0, 0.05) is 25.1 Å². The van der Waals surface area contributed by atoms with E-state index in [-0.39, 0.29) is 12.2 Å². The third kappa shape index (κ3) is 4.66. The van der Waals surface area contributed by atoms with Crippen LogP contribution in [-0.2, 0) is 17.6 Å². The van der Waals surface area contributed by atoms with Crippen LogP contribution in [0.2, 0.25) is 0 Å². The molecule has 2 aromatic rings. The highest BCUT2D eigenvalue weighted by Crippen LogP contribution is 2.11. The Hall–Kier alpha value is -2.24. The van der Waals surface area contributed by atoms with Gasteiger partial charge in [0.15, 0.2) is 5.82 Å². The average Bonchev–Trinajstić information content (AvgIpc) is 2.85. The van der Waals surface area contributed by atoms with E-state index in [1.807, 2.05) is 19.9 Å². The van der Waals surface area contributed by atoms with Gasteiger partial charge in [-0.1, -0.05) is 25.1 Å². The van der Waals surface area contributed by atoms with Crippen molar-refractivity contribution in [2.24, 2.45) is 5.92 Å². The minimum Gasteiger partial charge on any atom is -0.481 e. The van der Waals surface area contributed by atoms with Crippen LogP contribution in [0.25, 0.3) is 0 Å². The number of rotatable bonds is 7. The molecule has 0 N–H and O–H groups in total. The van der Waals surface area contributed by atoms with Crippen molar-refractivity contribution in [2.75, 3.05) is 7.11 Å². The molecule has 0 fully saturated rings. The Morgan fingerprint density at radius 2 is 2.19 bits per heavy atom. The highest BCUT2D eigenvalue weighted by Gasteiger charge is 2.13. The van der Waals surface area contributed by atoms with Crippen molar-refractivity contribution in [2.45, 2.75) is 33.1 Å². The van der Waals surface area contributed by atoms with Crippen LogP contribution in [-0.4, -0.2) is 28.0 Å². The molecule has 2 heterocycles. The molecule has 0 bridgehead atoms. The van der Waals surface area contributed by atoms with E-state index in [0.717, 1.165) is 5.56 Å². The summed E-state index contributed by atoms with van der Waals surface area (Å²) >= 11 is 0. The molecule has 0 aliphatic rings. The van der Waals surface area contributed by atoms with Gasteiger partial charge in [0.2, 0.25) is 11.8 Å². The maximum atomic E-state index is 11.7. The van der Waals surface area contributed by atoms with Gasteiger partial charge in [-0.3, -0.25) is 4.79 Å². The summed E-state index contributed by atoms with van der Waals surface area (Å²) in [4.78, 5) is 20.1. The van der Waals surface area contributed by atoms with Gasteiger partial charge in [-0.2, -0.15) is 4.98 Å². The number of pyridine rings is 1. The Kier molecular flexibility index (Phi) is 5.03. The lowest BCUT2D eigenvalue weighted by molar-refractivity contribution is -0.119. The summed E-state index contributed by atoms with van der Waals surface area (Å²) in [5, 5.41) is 3.89. The minimum atomic E-state index is 0.117. The number of Topliss-reactive ketones (excluding diaryl/α,β-unsaturated/α-hetero) is 1. The summed E-state index contributed by atoms with van der Waals surface area (Å²) in [6, 6.07) is 3.67. The fourth-order valence-electron chi connectivity index (χ4n) is 1.95. The molecule has 0 aromatic carbocycles. The Bertz CT molecular complexity index is 590. The zero-order chi connectivity index (χ0) is 15.2. The van der Waals surface area contributed by atoms with Gasteiger partial charge in [0.1, 0.15) is 5.78 Å². The maximum absolute atomic E-state index is 11.7. The molecule has 2 rings (SSSR count). The van der Waals surface area contributed by atoms with Crippen LogP contribution in [0.5, 0.6) is 5.88 Å². The third-order valence-electron chi connectivity index (χ3n) is 2.86. The molecule has 112 valence electrons. The Labute approximate surface area is 123 Å². The van der Waals surface area contributed by atoms with E-state index in [9.17, 15) is 4.79 Å². The molecule has 0 radical (unpaired) electrons. The smallest absolute Gasteiger partial charge is 0.234 e. The predicted octanol–water partition coefficient (Wildman–Crippen LogP) is 2.22. The lowest BCUT2D eigenvalue weighted by atomic mass is 10.1. The molecular formula is C15H19N3O3. The molecule has 0 aliphatic carbocycles. The van der Waals surface area contributed by atoms with E-state index in [1.54, 1.807) is 19.4 Å². The molecule has 0 saturated heterocycles. The molecule has 0 unspecified atom stereocenters. The van der Waals surface area contributed by atoms with Gasteiger partial charge >= 0.3 is 0 Å². The number of methoxy groups -OCH3 is 1. The topological polar surface area (TPSA) is 78.1 Å². The molecule has 6 nitrogen and oxygen atoms in total. The van der Waals surface area contributed by atoms with Crippen molar-refractivity contribution in [3.8, 4) is 5.88 Å². The van der Waals surface area contributed by atoms with Gasteiger partial charge in [0.05, 0.1) is 13.5 Å². The van der Waals surface area contributed by atoms with E-state index in [1.165, 1.54) is 0 Å². The summed E-state index contributed by atoms with van der Waals surface area (Å²) in [5.41, 5.74) is 0.955. The number of ether oxygens (including phenoxy) is 1. The second kappa shape index (κ2) is 6.97. The van der Waals surface area contributed by atoms with E-state index in [4.69, 9.17) is 9.26 Å². The molecule has 0 saturated carbocycles. The largest absolute Gasteiger partial charge is 0.481 e. The molecule has 0 amide bonds. The average molecular weight is 289 g/mol. The van der Waals surface area contributed by atoms with Gasteiger partial charge < -0.3 is 9.26 Å². The van der Waals surface area contributed by atoms with Crippen molar-refractivity contribution in [1.82, 2.24) is 15.1 Å². The summed E-state index contributed by atoms with van der Waals surface area (Å²) in [5.74, 6) is 1.94. The fraction of sp³-hybridized carbons (Fsp3) is 0.467. The summed E-state index contributed by atoms with van der Waals surface area (Å²) in [6.07, 6.45) is 2.95. The van der Waals surface area contributed by atoms with Crippen LogP contribution in [0.15, 0.2) is 22.9 Å². The van der Waals surface area contributed by atoms with E-state index < -0.39 is 0 Å². The van der Waals surface area contributed by atoms with Crippen molar-refractivity contribution in [3.05, 3.63) is 35.6 Å². The third-order valence-corrected chi connectivity index (χ3v) is 2.86. The molecule has 0 spiro atoms. The zero-order valence-electron chi connectivity index (χ0n) is 12.5. The van der Waals surface area contributed by atoms with E-state index in [2.05, 4.69) is 15.1 Å². The number of ketones is 1. The number of carbonyl (C=O) groups is 1. The lowest BCUT2D eigenvalue weighted by Crippen LogP contribution is -2.06. The molecule has 0 atom stereocenters. The fourth-order valence-corrected chi connectivity index (χ4v) is 1.95. The number of nitrogens with zero attached hydrogens (tertiary/aromatic N) is 3. The van der Waals surface area contributed by atoms with Gasteiger partial charge in [-0.05, 0) is 11.5 Å². The van der Waals surface area contributed by atoms with Crippen LogP contribution in [0.3, 0.4) is 0 Å². The molecule has 21 heavy (non-hydrogen) atoms. The van der Waals surface area contributed by atoms with Crippen LogP contribution in [0, 0.1) is 5.92 Å². The summed E-state index contributed by atoms with van der Waals surface area (Å²) in [7, 11) is 1.57. The van der Waals surface area contributed by atoms with Crippen LogP contribution in [0.4, 0.5) is 0 Å². The van der Waals surface area contributed by atoms with Crippen LogP contribution < -0.4 is 4.74 Å². The van der Waals surface area contributed by atoms with Gasteiger partial charge in [-0.25, -0.2) is 4.98 Å². The number of hydrogen-bond acceptors (Lipinski definition) is 6. The first-order valence-corrected chi connectivity index (χ1v) is 6.89. The van der Waals surface area contributed by atoms with Crippen molar-refractivity contribution >= 4 is 5.78 Å². The highest BCUT2D eigenvalue weighted by atomic mass is 16.5. The zero-order valence-corrected chi connectivity index (χ0v) is 12.5. The molecule has 6 heteroatoms. The number of carbonyl (C=O) groups excluding carboxylic acids is 1. The van der Waals surface area contributed by atoms with Crippen molar-refractivity contribution in [1.29, 1.82) is 0 Å². The van der Waals surface area contributed by atoms with Gasteiger partial charge in [-0.15, -0.1) is 0 Å². The van der Waals surface area contributed by atoms with Crippen molar-refractivity contribution < 1.29 is 14.1 Å². The second-order valence-corrected chi connectivity index (χ2v) is 5.30. The van der Waals surface area contributed by atoms with Crippen molar-refractivity contribution in [3.63, 3.8) is 0 Å². The normalized spacial score (nSPS) is 10.9. The second-order valence-electron chi connectivity index (χ2n) is 5.30. The monoisotopic (exact) mass is 289 g/mol. The predicted molar refractivity (Wildman–Crippen MR) is 76.1 cm³/mol. The van der Waals surface area contributed by atoms with E-state index >= 15 is 0 Å². The van der Waals surface area contributed by atoms with Crippen LogP contribution >= 0.6 is 0 Å². The maximum Gasteiger partial charge on any atom is 0.234 e. The minimum absolute atomic E-state index is 0.117. The Morgan fingerprint density at radius 3 is 2.81 bits per heavy atom. The first kappa shape index (κ1) is 15.2. The molecule has 2 aromatic heterocycles. The quantitative estimate of drug-likeness (QED) is 0.777. The van der Waals surface area contributed by atoms with Crippen LogP contribution in [0.1, 0.15) is 37.5 Å².